The lowest BCUT2D eigenvalue weighted by molar-refractivity contribution is 0.102. The van der Waals surface area contributed by atoms with Crippen LogP contribution in [0, 0.1) is 0 Å². The smallest absolute Gasteiger partial charge is 0.410 e. The van der Waals surface area contributed by atoms with Crippen molar-refractivity contribution in [2.45, 2.75) is 25.5 Å². The molecule has 0 N–H and O–H groups in total. The molecule has 1 heterocycles. The van der Waals surface area contributed by atoms with E-state index in [2.05, 4.69) is 12.1 Å². The molecule has 172 valence electrons. The number of hydrogen-bond donors (Lipinski definition) is 0. The van der Waals surface area contributed by atoms with Gasteiger partial charge in [-0.3, -0.25) is 0 Å². The van der Waals surface area contributed by atoms with E-state index in [1.54, 1.807) is 19.1 Å². The molecule has 0 radical (unpaired) electrons. The van der Waals surface area contributed by atoms with Gasteiger partial charge in [-0.05, 0) is 42.7 Å². The van der Waals surface area contributed by atoms with Crippen LogP contribution in [-0.2, 0) is 11.2 Å². The first-order valence-corrected chi connectivity index (χ1v) is 11.0. The number of hydrogen-bond acceptors (Lipinski definition) is 5. The summed E-state index contributed by atoms with van der Waals surface area (Å²) in [6.07, 6.45) is 0.0435. The summed E-state index contributed by atoms with van der Waals surface area (Å²) in [7, 11) is 3.23. The fourth-order valence-electron chi connectivity index (χ4n) is 4.08. The summed E-state index contributed by atoms with van der Waals surface area (Å²) in [5, 5.41) is 0. The third kappa shape index (κ3) is 5.22. The van der Waals surface area contributed by atoms with Crippen LogP contribution in [0.5, 0.6) is 17.2 Å². The molecule has 0 saturated carbocycles. The predicted molar refractivity (Wildman–Crippen MR) is 127 cm³/mol. The molecule has 1 amide bonds. The monoisotopic (exact) mass is 447 g/mol. The molecule has 3 aromatic carbocycles. The van der Waals surface area contributed by atoms with E-state index >= 15 is 0 Å². The van der Waals surface area contributed by atoms with E-state index in [1.807, 2.05) is 67.6 Å². The minimum atomic E-state index is -0.325. The Morgan fingerprint density at radius 3 is 2.42 bits per heavy atom. The van der Waals surface area contributed by atoms with Gasteiger partial charge in [0.25, 0.3) is 0 Å². The quantitative estimate of drug-likeness (QED) is 0.451. The second-order valence-electron chi connectivity index (χ2n) is 8.07. The van der Waals surface area contributed by atoms with Crippen LogP contribution in [0.2, 0.25) is 0 Å². The lowest BCUT2D eigenvalue weighted by Gasteiger charge is -2.22. The third-order valence-electron chi connectivity index (χ3n) is 5.81. The summed E-state index contributed by atoms with van der Waals surface area (Å²) >= 11 is 0. The summed E-state index contributed by atoms with van der Waals surface area (Å²) in [4.78, 5) is 14.3. The molecule has 0 unspecified atom stereocenters. The van der Waals surface area contributed by atoms with E-state index in [1.165, 1.54) is 0 Å². The number of ether oxygens (including phenoxy) is 4. The molecular weight excluding hydrogens is 418 g/mol. The fraction of sp³-hybridized carbons (Fsp3) is 0.296. The van der Waals surface area contributed by atoms with Crippen molar-refractivity contribution >= 4 is 6.09 Å². The van der Waals surface area contributed by atoms with Gasteiger partial charge in [-0.2, -0.15) is 0 Å². The lowest BCUT2D eigenvalue weighted by Crippen LogP contribution is -2.36. The Bertz CT molecular complexity index is 1080. The number of para-hydroxylation sites is 1. The topological polar surface area (TPSA) is 57.2 Å². The Morgan fingerprint density at radius 1 is 0.939 bits per heavy atom. The molecule has 1 fully saturated rings. The predicted octanol–water partition coefficient (Wildman–Crippen LogP) is 5.20. The molecule has 1 aliphatic heterocycles. The molecule has 2 atom stereocenters. The Morgan fingerprint density at radius 2 is 1.67 bits per heavy atom. The van der Waals surface area contributed by atoms with Gasteiger partial charge in [-0.15, -0.1) is 0 Å². The van der Waals surface area contributed by atoms with Gasteiger partial charge < -0.3 is 23.8 Å². The minimum Gasteiger partial charge on any atom is -0.493 e. The highest BCUT2D eigenvalue weighted by molar-refractivity contribution is 5.71. The van der Waals surface area contributed by atoms with Crippen molar-refractivity contribution in [2.24, 2.45) is 0 Å². The zero-order valence-corrected chi connectivity index (χ0v) is 19.2. The summed E-state index contributed by atoms with van der Waals surface area (Å²) in [5.74, 6) is 2.13. The van der Waals surface area contributed by atoms with Crippen molar-refractivity contribution < 1.29 is 23.7 Å². The first-order chi connectivity index (χ1) is 16.1. The Balaban J connectivity index is 1.37. The average molecular weight is 448 g/mol. The molecule has 3 aromatic rings. The van der Waals surface area contributed by atoms with Crippen LogP contribution in [0.15, 0.2) is 72.8 Å². The highest BCUT2D eigenvalue weighted by Gasteiger charge is 2.35. The van der Waals surface area contributed by atoms with Gasteiger partial charge in [0.2, 0.25) is 0 Å². The molecule has 0 aliphatic carbocycles. The summed E-state index contributed by atoms with van der Waals surface area (Å²) in [5.41, 5.74) is 3.16. The van der Waals surface area contributed by atoms with Gasteiger partial charge in [-0.1, -0.05) is 54.6 Å². The van der Waals surface area contributed by atoms with Crippen LogP contribution < -0.4 is 14.2 Å². The van der Waals surface area contributed by atoms with E-state index in [-0.39, 0.29) is 18.2 Å². The molecule has 1 aliphatic rings. The number of carbonyl (C=O) groups excluding carboxylic acids is 1. The van der Waals surface area contributed by atoms with Gasteiger partial charge in [0.05, 0.1) is 20.8 Å². The number of carbonyl (C=O) groups is 1. The lowest BCUT2D eigenvalue weighted by atomic mass is 10.0. The first kappa shape index (κ1) is 22.5. The average Bonchev–Trinajstić information content (AvgIpc) is 3.24. The largest absolute Gasteiger partial charge is 0.493 e. The van der Waals surface area contributed by atoms with E-state index < -0.39 is 0 Å². The van der Waals surface area contributed by atoms with Crippen molar-refractivity contribution in [3.05, 3.63) is 78.4 Å². The zero-order chi connectivity index (χ0) is 23.2. The third-order valence-corrected chi connectivity index (χ3v) is 5.81. The second-order valence-corrected chi connectivity index (χ2v) is 8.07. The van der Waals surface area contributed by atoms with Crippen molar-refractivity contribution in [1.29, 1.82) is 0 Å². The van der Waals surface area contributed by atoms with Gasteiger partial charge in [0, 0.05) is 11.6 Å². The van der Waals surface area contributed by atoms with Crippen LogP contribution in [-0.4, -0.2) is 50.5 Å². The molecule has 0 bridgehead atoms. The van der Waals surface area contributed by atoms with Crippen LogP contribution >= 0.6 is 0 Å². The number of nitrogens with zero attached hydrogens (tertiary/aromatic N) is 1. The molecule has 0 aromatic heterocycles. The standard InChI is InChI=1S/C27H29NO5/c1-19(15-20-13-14-25(30-2)26(16-20)31-3)28-17-22(33-27(28)29)18-32-24-12-8-7-11-23(24)21-9-5-4-6-10-21/h4-14,16,19,22H,15,17-18H2,1-3H3/t19-,22+/m1/s1. The van der Waals surface area contributed by atoms with E-state index in [4.69, 9.17) is 18.9 Å². The maximum absolute atomic E-state index is 12.5. The molecule has 6 nitrogen and oxygen atoms in total. The minimum absolute atomic E-state index is 0.0304. The first-order valence-electron chi connectivity index (χ1n) is 11.0. The van der Waals surface area contributed by atoms with Crippen molar-refractivity contribution in [3.8, 4) is 28.4 Å². The molecular formula is C27H29NO5. The maximum Gasteiger partial charge on any atom is 0.410 e. The number of benzene rings is 3. The van der Waals surface area contributed by atoms with Crippen LogP contribution in [0.1, 0.15) is 12.5 Å². The molecule has 0 spiro atoms. The molecule has 4 rings (SSSR count). The van der Waals surface area contributed by atoms with Gasteiger partial charge >= 0.3 is 6.09 Å². The van der Waals surface area contributed by atoms with Crippen LogP contribution in [0.3, 0.4) is 0 Å². The number of methoxy groups -OCH3 is 2. The zero-order valence-electron chi connectivity index (χ0n) is 19.2. The summed E-state index contributed by atoms with van der Waals surface area (Å²) in [6, 6.07) is 23.8. The van der Waals surface area contributed by atoms with Crippen molar-refractivity contribution in [3.63, 3.8) is 0 Å². The SMILES string of the molecule is COc1ccc(C[C@@H](C)N2C[C@@H](COc3ccccc3-c3ccccc3)OC2=O)cc1OC. The maximum atomic E-state index is 12.5. The fourth-order valence-corrected chi connectivity index (χ4v) is 4.08. The second kappa shape index (κ2) is 10.3. The number of amides is 1. The molecule has 6 heteroatoms. The Hall–Kier alpha value is -3.67. The van der Waals surface area contributed by atoms with E-state index in [0.717, 1.165) is 22.4 Å². The van der Waals surface area contributed by atoms with Crippen LogP contribution in [0.4, 0.5) is 4.79 Å². The van der Waals surface area contributed by atoms with E-state index in [0.29, 0.717) is 31.1 Å². The van der Waals surface area contributed by atoms with Crippen molar-refractivity contribution in [2.75, 3.05) is 27.4 Å². The highest BCUT2D eigenvalue weighted by Crippen LogP contribution is 2.31. The summed E-state index contributed by atoms with van der Waals surface area (Å²) in [6.45, 7) is 2.81. The molecule has 33 heavy (non-hydrogen) atoms. The summed E-state index contributed by atoms with van der Waals surface area (Å²) < 4.78 is 22.4. The number of cyclic esters (lactones) is 1. The Labute approximate surface area is 194 Å². The van der Waals surface area contributed by atoms with E-state index in [9.17, 15) is 4.79 Å². The van der Waals surface area contributed by atoms with Gasteiger partial charge in [0.1, 0.15) is 12.4 Å². The molecule has 1 saturated heterocycles. The van der Waals surface area contributed by atoms with Crippen molar-refractivity contribution in [1.82, 2.24) is 4.90 Å². The normalized spacial score (nSPS) is 16.3. The Kier molecular flexibility index (Phi) is 7.03. The highest BCUT2D eigenvalue weighted by atomic mass is 16.6. The van der Waals surface area contributed by atoms with Gasteiger partial charge in [-0.25, -0.2) is 4.79 Å². The number of rotatable bonds is 9. The van der Waals surface area contributed by atoms with Gasteiger partial charge in [0.15, 0.2) is 17.6 Å². The van der Waals surface area contributed by atoms with Crippen LogP contribution in [0.25, 0.3) is 11.1 Å².